The van der Waals surface area contributed by atoms with Gasteiger partial charge in [0.1, 0.15) is 23.1 Å². The largest absolute Gasteiger partial charge is 0.495 e. The molecule has 0 heterocycles. The Bertz CT molecular complexity index is 948. The number of carbonyl (C=O) groups excluding carboxylic acids is 2. The lowest BCUT2D eigenvalue weighted by molar-refractivity contribution is -0.114. The first-order valence-corrected chi connectivity index (χ1v) is 9.78. The van der Waals surface area contributed by atoms with Gasteiger partial charge in [0, 0.05) is 11.4 Å². The van der Waals surface area contributed by atoms with Gasteiger partial charge in [0.25, 0.3) is 0 Å². The van der Waals surface area contributed by atoms with E-state index in [2.05, 4.69) is 10.6 Å². The van der Waals surface area contributed by atoms with Gasteiger partial charge in [-0.25, -0.2) is 12.8 Å². The number of benzene rings is 2. The zero-order chi connectivity index (χ0) is 20.0. The summed E-state index contributed by atoms with van der Waals surface area (Å²) in [6.07, 6.45) is 0. The molecule has 0 saturated carbocycles. The van der Waals surface area contributed by atoms with E-state index in [1.54, 1.807) is 0 Å². The minimum atomic E-state index is -4.01. The van der Waals surface area contributed by atoms with E-state index < -0.39 is 39.0 Å². The first kappa shape index (κ1) is 20.7. The van der Waals surface area contributed by atoms with Crippen molar-refractivity contribution in [3.63, 3.8) is 0 Å². The summed E-state index contributed by atoms with van der Waals surface area (Å²) < 4.78 is 41.8. The van der Waals surface area contributed by atoms with Crippen LogP contribution in [0.1, 0.15) is 0 Å². The molecule has 2 amide bonds. The van der Waals surface area contributed by atoms with Crippen LogP contribution in [0.5, 0.6) is 5.75 Å². The third kappa shape index (κ3) is 6.54. The van der Waals surface area contributed by atoms with Crippen LogP contribution in [0, 0.1) is 5.82 Å². The van der Waals surface area contributed by atoms with Crippen molar-refractivity contribution >= 4 is 44.6 Å². The van der Waals surface area contributed by atoms with Crippen LogP contribution >= 0.6 is 11.6 Å². The summed E-state index contributed by atoms with van der Waals surface area (Å²) in [6.45, 7) is 0. The average molecular weight is 415 g/mol. The van der Waals surface area contributed by atoms with E-state index in [0.717, 1.165) is 12.1 Å². The molecule has 2 rings (SSSR count). The third-order valence-corrected chi connectivity index (χ3v) is 4.96. The van der Waals surface area contributed by atoms with Crippen LogP contribution in [0.15, 0.2) is 42.5 Å². The van der Waals surface area contributed by atoms with Gasteiger partial charge < -0.3 is 15.4 Å². The molecule has 27 heavy (non-hydrogen) atoms. The summed E-state index contributed by atoms with van der Waals surface area (Å²) in [7, 11) is -2.57. The van der Waals surface area contributed by atoms with E-state index >= 15 is 0 Å². The van der Waals surface area contributed by atoms with Crippen molar-refractivity contribution in [1.82, 2.24) is 0 Å². The predicted octanol–water partition coefficient (Wildman–Crippen LogP) is 2.48. The zero-order valence-electron chi connectivity index (χ0n) is 14.2. The summed E-state index contributed by atoms with van der Waals surface area (Å²) in [5, 5.41) is 4.96. The SMILES string of the molecule is COc1ccc(NC(=O)CS(=O)(=O)CC(=O)Nc2ccc(F)cc2)cc1Cl. The van der Waals surface area contributed by atoms with Crippen LogP contribution in [-0.2, 0) is 19.4 Å². The fraction of sp³-hybridized carbons (Fsp3) is 0.176. The molecule has 0 aliphatic heterocycles. The molecule has 0 atom stereocenters. The van der Waals surface area contributed by atoms with Crippen LogP contribution in [0.2, 0.25) is 5.02 Å². The van der Waals surface area contributed by atoms with Gasteiger partial charge in [-0.1, -0.05) is 11.6 Å². The second-order valence-corrected chi connectivity index (χ2v) is 7.96. The number of amides is 2. The van der Waals surface area contributed by atoms with Crippen molar-refractivity contribution in [2.24, 2.45) is 0 Å². The first-order chi connectivity index (χ1) is 12.7. The normalized spacial score (nSPS) is 10.9. The highest BCUT2D eigenvalue weighted by molar-refractivity contribution is 7.92. The topological polar surface area (TPSA) is 102 Å². The molecule has 2 aromatic rings. The van der Waals surface area contributed by atoms with Crippen LogP contribution in [0.25, 0.3) is 0 Å². The molecule has 0 fully saturated rings. The maximum atomic E-state index is 12.8. The number of carbonyl (C=O) groups is 2. The van der Waals surface area contributed by atoms with E-state index in [9.17, 15) is 22.4 Å². The smallest absolute Gasteiger partial charge is 0.239 e. The molecular formula is C17H16ClFN2O5S. The number of anilines is 2. The second-order valence-electron chi connectivity index (χ2n) is 5.48. The standard InChI is InChI=1S/C17H16ClFN2O5S/c1-26-15-7-6-13(8-14(15)18)21-17(23)10-27(24,25)9-16(22)20-12-4-2-11(19)3-5-12/h2-8H,9-10H2,1H3,(H,20,22)(H,21,23). The molecule has 0 aliphatic carbocycles. The Morgan fingerprint density at radius 3 is 2.04 bits per heavy atom. The van der Waals surface area contributed by atoms with Crippen LogP contribution in [0.4, 0.5) is 15.8 Å². The Labute approximate surface area is 160 Å². The number of rotatable bonds is 7. The highest BCUT2D eigenvalue weighted by Crippen LogP contribution is 2.27. The van der Waals surface area contributed by atoms with Gasteiger partial charge in [-0.2, -0.15) is 0 Å². The molecule has 0 radical (unpaired) electrons. The predicted molar refractivity (Wildman–Crippen MR) is 100 cm³/mol. The van der Waals surface area contributed by atoms with Crippen molar-refractivity contribution < 1.29 is 27.1 Å². The molecule has 0 bridgehead atoms. The Kier molecular flexibility index (Phi) is 6.75. The minimum Gasteiger partial charge on any atom is -0.495 e. The van der Waals surface area contributed by atoms with E-state index in [4.69, 9.17) is 16.3 Å². The van der Waals surface area contributed by atoms with Gasteiger partial charge in [-0.3, -0.25) is 9.59 Å². The maximum absolute atomic E-state index is 12.8. The molecule has 0 spiro atoms. The Morgan fingerprint density at radius 1 is 1.00 bits per heavy atom. The molecule has 7 nitrogen and oxygen atoms in total. The number of sulfone groups is 1. The lowest BCUT2D eigenvalue weighted by Gasteiger charge is -2.09. The number of nitrogens with one attached hydrogen (secondary N) is 2. The summed E-state index contributed by atoms with van der Waals surface area (Å²) in [5.74, 6) is -3.50. The van der Waals surface area contributed by atoms with E-state index in [-0.39, 0.29) is 16.4 Å². The molecule has 2 N–H and O–H groups in total. The van der Waals surface area contributed by atoms with Gasteiger partial charge in [0.2, 0.25) is 11.8 Å². The van der Waals surface area contributed by atoms with Crippen LogP contribution in [0.3, 0.4) is 0 Å². The number of hydrogen-bond donors (Lipinski definition) is 2. The summed E-state index contributed by atoms with van der Waals surface area (Å²) >= 11 is 5.93. The first-order valence-electron chi connectivity index (χ1n) is 7.58. The fourth-order valence-corrected chi connectivity index (χ4v) is 3.43. The van der Waals surface area contributed by atoms with Crippen LogP contribution in [-0.4, -0.2) is 38.8 Å². The minimum absolute atomic E-state index is 0.244. The molecule has 10 heteroatoms. The molecule has 0 saturated heterocycles. The highest BCUT2D eigenvalue weighted by Gasteiger charge is 2.21. The van der Waals surface area contributed by atoms with Gasteiger partial charge in [0.15, 0.2) is 9.84 Å². The summed E-state index contributed by atoms with van der Waals surface area (Å²) in [4.78, 5) is 23.8. The molecule has 0 aromatic heterocycles. The molecule has 0 aliphatic rings. The number of hydrogen-bond acceptors (Lipinski definition) is 5. The monoisotopic (exact) mass is 414 g/mol. The van der Waals surface area contributed by atoms with Gasteiger partial charge in [0.05, 0.1) is 12.1 Å². The van der Waals surface area contributed by atoms with E-state index in [1.807, 2.05) is 0 Å². The van der Waals surface area contributed by atoms with E-state index in [0.29, 0.717) is 5.75 Å². The lowest BCUT2D eigenvalue weighted by atomic mass is 10.3. The fourth-order valence-electron chi connectivity index (χ4n) is 2.12. The van der Waals surface area contributed by atoms with Crippen molar-refractivity contribution in [3.05, 3.63) is 53.3 Å². The lowest BCUT2D eigenvalue weighted by Crippen LogP contribution is -2.30. The molecule has 2 aromatic carbocycles. The molecule has 0 unspecified atom stereocenters. The summed E-state index contributed by atoms with van der Waals surface area (Å²) in [6, 6.07) is 9.25. The van der Waals surface area contributed by atoms with Gasteiger partial charge in [-0.15, -0.1) is 0 Å². The van der Waals surface area contributed by atoms with Crippen molar-refractivity contribution in [3.8, 4) is 5.75 Å². The van der Waals surface area contributed by atoms with E-state index in [1.165, 1.54) is 37.4 Å². The van der Waals surface area contributed by atoms with Gasteiger partial charge in [-0.05, 0) is 42.5 Å². The summed E-state index contributed by atoms with van der Waals surface area (Å²) in [5.41, 5.74) is 0.533. The third-order valence-electron chi connectivity index (χ3n) is 3.27. The van der Waals surface area contributed by atoms with Crippen LogP contribution < -0.4 is 15.4 Å². The molecular weight excluding hydrogens is 399 g/mol. The molecule has 144 valence electrons. The van der Waals surface area contributed by atoms with Crippen molar-refractivity contribution in [2.45, 2.75) is 0 Å². The van der Waals surface area contributed by atoms with Crippen molar-refractivity contribution in [1.29, 1.82) is 0 Å². The Hall–Kier alpha value is -2.65. The van der Waals surface area contributed by atoms with Crippen molar-refractivity contribution in [2.75, 3.05) is 29.2 Å². The average Bonchev–Trinajstić information content (AvgIpc) is 2.56. The quantitative estimate of drug-likeness (QED) is 0.724. The Balaban J connectivity index is 1.92. The second kappa shape index (κ2) is 8.83. The maximum Gasteiger partial charge on any atom is 0.239 e. The zero-order valence-corrected chi connectivity index (χ0v) is 15.7. The Morgan fingerprint density at radius 2 is 1.52 bits per heavy atom. The number of ether oxygens (including phenoxy) is 1. The number of methoxy groups -OCH3 is 1. The highest BCUT2D eigenvalue weighted by atomic mass is 35.5. The number of halogens is 2. The van der Waals surface area contributed by atoms with Gasteiger partial charge >= 0.3 is 0 Å².